The summed E-state index contributed by atoms with van der Waals surface area (Å²) in [7, 11) is -3.46. The summed E-state index contributed by atoms with van der Waals surface area (Å²) in [5.41, 5.74) is 3.17. The maximum Gasteiger partial charge on any atom is 0.290 e. The van der Waals surface area contributed by atoms with Crippen LogP contribution in [0.1, 0.15) is 27.0 Å². The molecular formula is C19H15N3O5S2. The second-order valence-corrected chi connectivity index (χ2v) is 9.13. The summed E-state index contributed by atoms with van der Waals surface area (Å²) >= 11 is 1.10. The van der Waals surface area contributed by atoms with Crippen LogP contribution in [-0.2, 0) is 21.3 Å². The SMILES string of the molecule is O=C(N/N=C/c1cc2ccccc2o1)c1csc(CS(=O)(=O)Cc2ccco2)n1. The molecule has 1 amide bonds. The number of benzene rings is 1. The molecule has 29 heavy (non-hydrogen) atoms. The van der Waals surface area contributed by atoms with E-state index in [0.29, 0.717) is 16.5 Å². The molecule has 4 rings (SSSR count). The number of furan rings is 2. The van der Waals surface area contributed by atoms with Crippen LogP contribution in [0.4, 0.5) is 0 Å². The van der Waals surface area contributed by atoms with Crippen LogP contribution in [0, 0.1) is 0 Å². The molecular weight excluding hydrogens is 414 g/mol. The smallest absolute Gasteiger partial charge is 0.290 e. The van der Waals surface area contributed by atoms with Crippen LogP contribution >= 0.6 is 11.3 Å². The number of fused-ring (bicyclic) bond motifs is 1. The van der Waals surface area contributed by atoms with E-state index in [2.05, 4.69) is 15.5 Å². The number of hydrogen-bond donors (Lipinski definition) is 1. The molecule has 3 heterocycles. The molecule has 10 heteroatoms. The summed E-state index contributed by atoms with van der Waals surface area (Å²) in [4.78, 5) is 16.3. The number of amides is 1. The molecule has 0 aliphatic heterocycles. The topological polar surface area (TPSA) is 115 Å². The third-order valence-corrected chi connectivity index (χ3v) is 6.34. The molecule has 0 aliphatic carbocycles. The van der Waals surface area contributed by atoms with Crippen LogP contribution in [0.3, 0.4) is 0 Å². The quantitative estimate of drug-likeness (QED) is 0.356. The highest BCUT2D eigenvalue weighted by Crippen LogP contribution is 2.18. The van der Waals surface area contributed by atoms with Crippen LogP contribution < -0.4 is 5.43 Å². The van der Waals surface area contributed by atoms with Crippen molar-refractivity contribution in [3.8, 4) is 0 Å². The maximum absolute atomic E-state index is 12.2. The maximum atomic E-state index is 12.2. The van der Waals surface area contributed by atoms with Gasteiger partial charge >= 0.3 is 0 Å². The summed E-state index contributed by atoms with van der Waals surface area (Å²) in [6.45, 7) is 0. The molecule has 0 saturated heterocycles. The van der Waals surface area contributed by atoms with Crippen molar-refractivity contribution in [2.75, 3.05) is 0 Å². The minimum Gasteiger partial charge on any atom is -0.468 e. The van der Waals surface area contributed by atoms with Crippen LogP contribution in [-0.4, -0.2) is 25.5 Å². The van der Waals surface area contributed by atoms with Gasteiger partial charge < -0.3 is 8.83 Å². The molecule has 0 saturated carbocycles. The Bertz CT molecular complexity index is 1240. The third kappa shape index (κ3) is 4.79. The highest BCUT2D eigenvalue weighted by atomic mass is 32.2. The van der Waals surface area contributed by atoms with E-state index < -0.39 is 15.7 Å². The van der Waals surface area contributed by atoms with Crippen molar-refractivity contribution >= 4 is 44.3 Å². The molecule has 0 spiro atoms. The first kappa shape index (κ1) is 19.1. The molecule has 0 atom stereocenters. The van der Waals surface area contributed by atoms with E-state index in [1.807, 2.05) is 24.3 Å². The summed E-state index contributed by atoms with van der Waals surface area (Å²) in [6, 6.07) is 12.5. The van der Waals surface area contributed by atoms with Gasteiger partial charge in [-0.3, -0.25) is 4.79 Å². The lowest BCUT2D eigenvalue weighted by Crippen LogP contribution is -2.18. The number of carbonyl (C=O) groups is 1. The zero-order chi connectivity index (χ0) is 20.3. The number of para-hydroxylation sites is 1. The second-order valence-electron chi connectivity index (χ2n) is 6.12. The Morgan fingerprint density at radius 2 is 2.07 bits per heavy atom. The van der Waals surface area contributed by atoms with Crippen LogP contribution in [0.2, 0.25) is 0 Å². The molecule has 8 nitrogen and oxygen atoms in total. The molecule has 0 unspecified atom stereocenters. The zero-order valence-electron chi connectivity index (χ0n) is 14.9. The van der Waals surface area contributed by atoms with Crippen molar-refractivity contribution in [2.24, 2.45) is 5.10 Å². The van der Waals surface area contributed by atoms with Gasteiger partial charge in [-0.25, -0.2) is 18.8 Å². The van der Waals surface area contributed by atoms with Crippen LogP contribution in [0.25, 0.3) is 11.0 Å². The van der Waals surface area contributed by atoms with Crippen molar-refractivity contribution < 1.29 is 22.0 Å². The number of nitrogens with zero attached hydrogens (tertiary/aromatic N) is 2. The Morgan fingerprint density at radius 1 is 1.21 bits per heavy atom. The molecule has 3 aromatic heterocycles. The fraction of sp³-hybridized carbons (Fsp3) is 0.105. The standard InChI is InChI=1S/C19H15N3O5S2/c23-19(22-20-9-15-8-13-4-1-2-6-17(13)27-15)16-10-28-18(21-16)12-29(24,25)11-14-5-3-7-26-14/h1-10H,11-12H2,(H,22,23)/b20-9+. The van der Waals surface area contributed by atoms with Crippen LogP contribution in [0.15, 0.2) is 68.0 Å². The minimum absolute atomic E-state index is 0.0972. The van der Waals surface area contributed by atoms with Crippen molar-refractivity contribution in [1.29, 1.82) is 0 Å². The van der Waals surface area contributed by atoms with Crippen molar-refractivity contribution in [3.05, 3.63) is 76.3 Å². The van der Waals surface area contributed by atoms with Gasteiger partial charge in [0.2, 0.25) is 0 Å². The summed E-state index contributed by atoms with van der Waals surface area (Å²) in [5.74, 6) is -0.172. The van der Waals surface area contributed by atoms with Gasteiger partial charge in [0.25, 0.3) is 5.91 Å². The Balaban J connectivity index is 1.36. The number of rotatable bonds is 7. The van der Waals surface area contributed by atoms with E-state index in [1.54, 1.807) is 18.2 Å². The van der Waals surface area contributed by atoms with Gasteiger partial charge in [-0.1, -0.05) is 18.2 Å². The number of nitrogens with one attached hydrogen (secondary N) is 1. The van der Waals surface area contributed by atoms with E-state index in [-0.39, 0.29) is 17.2 Å². The van der Waals surface area contributed by atoms with E-state index in [0.717, 1.165) is 22.3 Å². The Labute approximate surface area is 169 Å². The van der Waals surface area contributed by atoms with Gasteiger partial charge in [0.1, 0.15) is 39.3 Å². The van der Waals surface area contributed by atoms with Crippen LogP contribution in [0.5, 0.6) is 0 Å². The second kappa shape index (κ2) is 8.02. The van der Waals surface area contributed by atoms with Crippen molar-refractivity contribution in [2.45, 2.75) is 11.5 Å². The van der Waals surface area contributed by atoms with E-state index >= 15 is 0 Å². The molecule has 148 valence electrons. The van der Waals surface area contributed by atoms with Gasteiger partial charge in [-0.2, -0.15) is 5.10 Å². The highest BCUT2D eigenvalue weighted by Gasteiger charge is 2.19. The summed E-state index contributed by atoms with van der Waals surface area (Å²) in [6.07, 6.45) is 2.81. The largest absolute Gasteiger partial charge is 0.468 e. The van der Waals surface area contributed by atoms with E-state index in [4.69, 9.17) is 8.83 Å². The Kier molecular flexibility index (Phi) is 5.28. The van der Waals surface area contributed by atoms with Crippen molar-refractivity contribution in [1.82, 2.24) is 10.4 Å². The Hall–Kier alpha value is -3.24. The highest BCUT2D eigenvalue weighted by molar-refractivity contribution is 7.89. The lowest BCUT2D eigenvalue weighted by Gasteiger charge is -1.99. The zero-order valence-corrected chi connectivity index (χ0v) is 16.6. The normalized spacial score (nSPS) is 12.0. The molecule has 1 N–H and O–H groups in total. The predicted octanol–water partition coefficient (Wildman–Crippen LogP) is 3.36. The van der Waals surface area contributed by atoms with Gasteiger partial charge in [-0.05, 0) is 24.3 Å². The number of aromatic nitrogens is 1. The fourth-order valence-corrected chi connectivity index (χ4v) is 5.12. The molecule has 0 radical (unpaired) electrons. The summed E-state index contributed by atoms with van der Waals surface area (Å²) < 4.78 is 35.1. The molecule has 4 aromatic rings. The van der Waals surface area contributed by atoms with E-state index in [9.17, 15) is 13.2 Å². The number of hydrazone groups is 1. The van der Waals surface area contributed by atoms with Gasteiger partial charge in [-0.15, -0.1) is 11.3 Å². The average Bonchev–Trinajstić information content (AvgIpc) is 3.41. The van der Waals surface area contributed by atoms with E-state index in [1.165, 1.54) is 17.9 Å². The number of carbonyl (C=O) groups excluding carboxylic acids is 1. The third-order valence-electron chi connectivity index (χ3n) is 3.87. The number of thiazole rings is 1. The first-order valence-electron chi connectivity index (χ1n) is 8.48. The summed E-state index contributed by atoms with van der Waals surface area (Å²) in [5, 5.41) is 6.61. The number of hydrogen-bond acceptors (Lipinski definition) is 8. The van der Waals surface area contributed by atoms with Gasteiger partial charge in [0.15, 0.2) is 9.84 Å². The van der Waals surface area contributed by atoms with Gasteiger partial charge in [0, 0.05) is 10.8 Å². The lowest BCUT2D eigenvalue weighted by molar-refractivity contribution is 0.0950. The first-order chi connectivity index (χ1) is 14.0. The first-order valence-corrected chi connectivity index (χ1v) is 11.2. The minimum atomic E-state index is -3.46. The Morgan fingerprint density at radius 3 is 2.86 bits per heavy atom. The molecule has 0 bridgehead atoms. The predicted molar refractivity (Wildman–Crippen MR) is 108 cm³/mol. The average molecular weight is 429 g/mol. The van der Waals surface area contributed by atoms with Gasteiger partial charge in [0.05, 0.1) is 12.5 Å². The number of sulfone groups is 1. The van der Waals surface area contributed by atoms with Crippen molar-refractivity contribution in [3.63, 3.8) is 0 Å². The lowest BCUT2D eigenvalue weighted by atomic mass is 10.2. The molecule has 0 fully saturated rings. The fourth-order valence-electron chi connectivity index (χ4n) is 2.61. The molecule has 1 aromatic carbocycles. The molecule has 0 aliphatic rings. The monoisotopic (exact) mass is 429 g/mol.